The first-order valence-electron chi connectivity index (χ1n) is 7.27. The van der Waals surface area contributed by atoms with E-state index >= 15 is 0 Å². The van der Waals surface area contributed by atoms with Crippen molar-refractivity contribution in [2.75, 3.05) is 0 Å². The number of aromatic carboxylic acids is 1. The molecule has 1 aliphatic rings. The van der Waals surface area contributed by atoms with E-state index in [0.717, 1.165) is 17.4 Å². The molecule has 0 aliphatic heterocycles. The molecule has 23 heavy (non-hydrogen) atoms. The molecule has 7 heteroatoms. The van der Waals surface area contributed by atoms with Gasteiger partial charge in [0.1, 0.15) is 17.3 Å². The molecule has 0 bridgehead atoms. The lowest BCUT2D eigenvalue weighted by atomic mass is 10.1. The average molecular weight is 329 g/mol. The minimum absolute atomic E-state index is 0.179. The molecule has 2 atom stereocenters. The summed E-state index contributed by atoms with van der Waals surface area (Å²) in [6, 6.07) is 2.99. The van der Waals surface area contributed by atoms with Gasteiger partial charge in [0, 0.05) is 12.4 Å². The topological polar surface area (TPSA) is 80.9 Å². The van der Waals surface area contributed by atoms with Crippen LogP contribution in [0, 0.1) is 5.92 Å². The van der Waals surface area contributed by atoms with Crippen LogP contribution in [-0.2, 0) is 0 Å². The zero-order valence-electron chi connectivity index (χ0n) is 12.3. The van der Waals surface area contributed by atoms with E-state index < -0.39 is 5.97 Å². The first kappa shape index (κ1) is 14.1. The van der Waals surface area contributed by atoms with Crippen molar-refractivity contribution >= 4 is 28.6 Å². The number of carbonyl (C=O) groups is 1. The summed E-state index contributed by atoms with van der Waals surface area (Å²) in [6.07, 6.45) is 5.94. The van der Waals surface area contributed by atoms with Crippen LogP contribution in [0.2, 0.25) is 5.15 Å². The molecule has 0 saturated heterocycles. The molecule has 4 rings (SSSR count). The highest BCUT2D eigenvalue weighted by Gasteiger charge is 2.37. The zero-order chi connectivity index (χ0) is 16.1. The van der Waals surface area contributed by atoms with Crippen LogP contribution in [0.5, 0.6) is 0 Å². The first-order chi connectivity index (χ1) is 11.1. The molecule has 0 spiro atoms. The quantitative estimate of drug-likeness (QED) is 0.746. The Hall–Kier alpha value is -2.47. The molecule has 3 aromatic heterocycles. The molecular weight excluding hydrogens is 316 g/mol. The van der Waals surface area contributed by atoms with Crippen LogP contribution in [0.25, 0.3) is 16.9 Å². The Kier molecular flexibility index (Phi) is 3.09. The van der Waals surface area contributed by atoms with Crippen molar-refractivity contribution in [3.8, 4) is 5.82 Å². The predicted molar refractivity (Wildman–Crippen MR) is 85.2 cm³/mol. The number of nitrogens with zero attached hydrogens (tertiary/aromatic N) is 4. The Bertz CT molecular complexity index is 937. The highest BCUT2D eigenvalue weighted by Crippen LogP contribution is 2.50. The normalized spacial score (nSPS) is 19.9. The molecule has 116 valence electrons. The molecule has 1 saturated carbocycles. The lowest BCUT2D eigenvalue weighted by molar-refractivity contribution is 0.0696. The third-order valence-corrected chi connectivity index (χ3v) is 4.60. The molecule has 0 radical (unpaired) electrons. The molecule has 6 nitrogen and oxygen atoms in total. The number of halogens is 1. The maximum atomic E-state index is 11.2. The summed E-state index contributed by atoms with van der Waals surface area (Å²) < 4.78 is 1.79. The van der Waals surface area contributed by atoms with Gasteiger partial charge in [-0.3, -0.25) is 4.57 Å². The molecule has 3 heterocycles. The van der Waals surface area contributed by atoms with Crippen LogP contribution in [0.4, 0.5) is 0 Å². The lowest BCUT2D eigenvalue weighted by Gasteiger charge is -2.04. The third kappa shape index (κ3) is 2.26. The maximum Gasteiger partial charge on any atom is 0.335 e. The van der Waals surface area contributed by atoms with Gasteiger partial charge >= 0.3 is 5.97 Å². The highest BCUT2D eigenvalue weighted by atomic mass is 35.5. The van der Waals surface area contributed by atoms with Crippen molar-refractivity contribution in [2.24, 2.45) is 5.92 Å². The number of hydrogen-bond acceptors (Lipinski definition) is 4. The summed E-state index contributed by atoms with van der Waals surface area (Å²) >= 11 is 6.29. The molecular formula is C16H13ClN4O2. The summed E-state index contributed by atoms with van der Waals surface area (Å²) in [5, 5.41) is 10.4. The Morgan fingerprint density at radius 3 is 2.87 bits per heavy atom. The summed E-state index contributed by atoms with van der Waals surface area (Å²) in [5.41, 5.74) is 1.92. The standard InChI is InChI=1S/C16H13ClN4O2/c1-8-4-10(8)11-6-21(15-13(11)14(17)19-7-20-15)12-5-9(16(22)23)2-3-18-12/h2-3,5-8,10H,4H2,1H3,(H,22,23). The van der Waals surface area contributed by atoms with Crippen molar-refractivity contribution in [2.45, 2.75) is 19.3 Å². The van der Waals surface area contributed by atoms with Crippen LogP contribution < -0.4 is 0 Å². The van der Waals surface area contributed by atoms with E-state index in [2.05, 4.69) is 21.9 Å². The average Bonchev–Trinajstić information content (AvgIpc) is 3.13. The van der Waals surface area contributed by atoms with E-state index in [9.17, 15) is 4.79 Å². The molecule has 1 aliphatic carbocycles. The van der Waals surface area contributed by atoms with E-state index in [4.69, 9.17) is 16.7 Å². The van der Waals surface area contributed by atoms with Gasteiger partial charge in [-0.25, -0.2) is 19.7 Å². The monoisotopic (exact) mass is 328 g/mol. The van der Waals surface area contributed by atoms with Crippen LogP contribution in [0.15, 0.2) is 30.9 Å². The van der Waals surface area contributed by atoms with Crippen molar-refractivity contribution in [1.29, 1.82) is 0 Å². The van der Waals surface area contributed by atoms with Crippen LogP contribution in [0.1, 0.15) is 35.2 Å². The van der Waals surface area contributed by atoms with Crippen molar-refractivity contribution in [1.82, 2.24) is 19.5 Å². The van der Waals surface area contributed by atoms with Gasteiger partial charge in [-0.1, -0.05) is 18.5 Å². The van der Waals surface area contributed by atoms with Gasteiger partial charge in [-0.05, 0) is 36.0 Å². The van der Waals surface area contributed by atoms with E-state index in [1.807, 2.05) is 6.20 Å². The van der Waals surface area contributed by atoms with Gasteiger partial charge < -0.3 is 5.11 Å². The first-order valence-corrected chi connectivity index (χ1v) is 7.65. The van der Waals surface area contributed by atoms with Gasteiger partial charge in [-0.15, -0.1) is 0 Å². The Labute approximate surface area is 136 Å². The second-order valence-electron chi connectivity index (χ2n) is 5.84. The second-order valence-corrected chi connectivity index (χ2v) is 6.20. The molecule has 1 fully saturated rings. The predicted octanol–water partition coefficient (Wildman–Crippen LogP) is 3.29. The van der Waals surface area contributed by atoms with Crippen molar-refractivity contribution < 1.29 is 9.90 Å². The fourth-order valence-electron chi connectivity index (χ4n) is 2.95. The van der Waals surface area contributed by atoms with E-state index in [1.165, 1.54) is 24.7 Å². The smallest absolute Gasteiger partial charge is 0.335 e. The summed E-state index contributed by atoms with van der Waals surface area (Å²) in [7, 11) is 0. The van der Waals surface area contributed by atoms with Crippen LogP contribution >= 0.6 is 11.6 Å². The van der Waals surface area contributed by atoms with Crippen molar-refractivity contribution in [3.05, 3.63) is 47.1 Å². The largest absolute Gasteiger partial charge is 0.478 e. The zero-order valence-corrected chi connectivity index (χ0v) is 13.0. The van der Waals surface area contributed by atoms with Gasteiger partial charge in [0.2, 0.25) is 0 Å². The second kappa shape index (κ2) is 5.03. The molecule has 2 unspecified atom stereocenters. The summed E-state index contributed by atoms with van der Waals surface area (Å²) in [5.74, 6) is 0.548. The van der Waals surface area contributed by atoms with Gasteiger partial charge in [0.05, 0.1) is 10.9 Å². The minimum atomic E-state index is -0.992. The Morgan fingerprint density at radius 1 is 1.39 bits per heavy atom. The number of carboxylic acids is 1. The third-order valence-electron chi connectivity index (χ3n) is 4.31. The number of hydrogen-bond donors (Lipinski definition) is 1. The lowest BCUT2D eigenvalue weighted by Crippen LogP contribution is -2.02. The van der Waals surface area contributed by atoms with Crippen molar-refractivity contribution in [3.63, 3.8) is 0 Å². The summed E-state index contributed by atoms with van der Waals surface area (Å²) in [4.78, 5) is 23.9. The fraction of sp³-hybridized carbons (Fsp3) is 0.250. The highest BCUT2D eigenvalue weighted by molar-refractivity contribution is 6.34. The van der Waals surface area contributed by atoms with Gasteiger partial charge in [0.15, 0.2) is 5.65 Å². The number of carboxylic acid groups (broad SMARTS) is 1. The number of rotatable bonds is 3. The molecule has 3 aromatic rings. The number of aromatic nitrogens is 4. The van der Waals surface area contributed by atoms with Crippen LogP contribution in [-0.4, -0.2) is 30.6 Å². The number of fused-ring (bicyclic) bond motifs is 1. The van der Waals surface area contributed by atoms with E-state index in [0.29, 0.717) is 28.5 Å². The Balaban J connectivity index is 1.96. The molecule has 0 amide bonds. The van der Waals surface area contributed by atoms with Crippen LogP contribution in [0.3, 0.4) is 0 Å². The SMILES string of the molecule is CC1CC1c1cn(-c2cc(C(=O)O)ccn2)c2ncnc(Cl)c12. The van der Waals surface area contributed by atoms with E-state index in [-0.39, 0.29) is 5.56 Å². The summed E-state index contributed by atoms with van der Waals surface area (Å²) in [6.45, 7) is 2.19. The Morgan fingerprint density at radius 2 is 2.17 bits per heavy atom. The molecule has 0 aromatic carbocycles. The maximum absolute atomic E-state index is 11.2. The number of pyridine rings is 1. The molecule has 1 N–H and O–H groups in total. The minimum Gasteiger partial charge on any atom is -0.478 e. The van der Waals surface area contributed by atoms with Gasteiger partial charge in [0.25, 0.3) is 0 Å². The van der Waals surface area contributed by atoms with E-state index in [1.54, 1.807) is 4.57 Å². The van der Waals surface area contributed by atoms with Gasteiger partial charge in [-0.2, -0.15) is 0 Å². The fourth-order valence-corrected chi connectivity index (χ4v) is 3.18.